The number of nitrogens with two attached hydrogens (primary N) is 1. The minimum absolute atomic E-state index is 0. The standard InChI is InChI=1S/C19H21BrN2O.ClH/c1-13(18(21)15-6-3-2-4-7-15)19(23)22-11-10-14-8-5-9-17(20)16(14)12-22;/h2-9,13,18H,10-12,21H2,1H3;1H. The van der Waals surface area contributed by atoms with Gasteiger partial charge in [0.25, 0.3) is 0 Å². The van der Waals surface area contributed by atoms with Crippen LogP contribution in [0.15, 0.2) is 53.0 Å². The molecule has 2 N–H and O–H groups in total. The molecule has 128 valence electrons. The third-order valence-corrected chi connectivity index (χ3v) is 5.38. The van der Waals surface area contributed by atoms with Crippen LogP contribution in [0, 0.1) is 5.92 Å². The van der Waals surface area contributed by atoms with Crippen LogP contribution >= 0.6 is 28.3 Å². The summed E-state index contributed by atoms with van der Waals surface area (Å²) in [5.74, 6) is -0.107. The van der Waals surface area contributed by atoms with Crippen LogP contribution in [0.25, 0.3) is 0 Å². The first-order valence-electron chi connectivity index (χ1n) is 7.93. The molecule has 0 aromatic heterocycles. The Balaban J connectivity index is 0.00000208. The lowest BCUT2D eigenvalue weighted by Gasteiger charge is -2.33. The van der Waals surface area contributed by atoms with Gasteiger partial charge in [0.15, 0.2) is 0 Å². The van der Waals surface area contributed by atoms with Gasteiger partial charge in [-0.2, -0.15) is 0 Å². The highest BCUT2D eigenvalue weighted by molar-refractivity contribution is 9.10. The Bertz CT molecular complexity index is 708. The molecule has 2 unspecified atom stereocenters. The lowest BCUT2D eigenvalue weighted by molar-refractivity contribution is -0.136. The zero-order valence-corrected chi connectivity index (χ0v) is 16.0. The molecule has 2 aromatic carbocycles. The minimum Gasteiger partial charge on any atom is -0.338 e. The van der Waals surface area contributed by atoms with Crippen LogP contribution in [-0.2, 0) is 17.8 Å². The highest BCUT2D eigenvalue weighted by Gasteiger charge is 2.29. The summed E-state index contributed by atoms with van der Waals surface area (Å²) in [5, 5.41) is 0. The molecule has 2 aromatic rings. The van der Waals surface area contributed by atoms with Gasteiger partial charge in [0, 0.05) is 23.6 Å². The van der Waals surface area contributed by atoms with E-state index >= 15 is 0 Å². The predicted molar refractivity (Wildman–Crippen MR) is 103 cm³/mol. The predicted octanol–water partition coefficient (Wildman–Crippen LogP) is 4.09. The van der Waals surface area contributed by atoms with Crippen LogP contribution < -0.4 is 5.73 Å². The van der Waals surface area contributed by atoms with E-state index in [1.807, 2.05) is 54.3 Å². The van der Waals surface area contributed by atoms with Crippen LogP contribution in [0.4, 0.5) is 0 Å². The maximum absolute atomic E-state index is 12.9. The second-order valence-electron chi connectivity index (χ2n) is 6.11. The summed E-state index contributed by atoms with van der Waals surface area (Å²) in [7, 11) is 0. The Labute approximate surface area is 157 Å². The Morgan fingerprint density at radius 2 is 1.88 bits per heavy atom. The lowest BCUT2D eigenvalue weighted by Crippen LogP contribution is -2.42. The van der Waals surface area contributed by atoms with Crippen molar-refractivity contribution in [2.24, 2.45) is 11.7 Å². The van der Waals surface area contributed by atoms with Gasteiger partial charge in [-0.3, -0.25) is 4.79 Å². The van der Waals surface area contributed by atoms with Crippen molar-refractivity contribution in [1.82, 2.24) is 4.90 Å². The first-order valence-corrected chi connectivity index (χ1v) is 8.73. The maximum Gasteiger partial charge on any atom is 0.227 e. The Kier molecular flexibility index (Phi) is 6.44. The van der Waals surface area contributed by atoms with E-state index in [4.69, 9.17) is 5.73 Å². The van der Waals surface area contributed by atoms with Crippen molar-refractivity contribution < 1.29 is 4.79 Å². The van der Waals surface area contributed by atoms with Crippen molar-refractivity contribution in [3.05, 3.63) is 69.7 Å². The molecule has 5 heteroatoms. The number of rotatable bonds is 3. The Hall–Kier alpha value is -1.36. The molecule has 0 bridgehead atoms. The van der Waals surface area contributed by atoms with Gasteiger partial charge in [-0.1, -0.05) is 65.3 Å². The summed E-state index contributed by atoms with van der Waals surface area (Å²) >= 11 is 3.60. The van der Waals surface area contributed by atoms with Gasteiger partial charge >= 0.3 is 0 Å². The number of carbonyl (C=O) groups excluding carboxylic acids is 1. The van der Waals surface area contributed by atoms with Gasteiger partial charge in [0.1, 0.15) is 0 Å². The fourth-order valence-electron chi connectivity index (χ4n) is 3.13. The zero-order valence-electron chi connectivity index (χ0n) is 13.6. The van der Waals surface area contributed by atoms with E-state index in [1.54, 1.807) is 0 Å². The molecule has 3 nitrogen and oxygen atoms in total. The molecule has 0 saturated heterocycles. The molecule has 3 rings (SSSR count). The van der Waals surface area contributed by atoms with Crippen LogP contribution in [0.5, 0.6) is 0 Å². The molecule has 2 atom stereocenters. The van der Waals surface area contributed by atoms with E-state index in [2.05, 4.69) is 22.0 Å². The average molecular weight is 410 g/mol. The van der Waals surface area contributed by atoms with Gasteiger partial charge in [0.05, 0.1) is 5.92 Å². The van der Waals surface area contributed by atoms with Gasteiger partial charge in [0.2, 0.25) is 5.91 Å². The number of benzene rings is 2. The molecule has 1 heterocycles. The molecule has 0 spiro atoms. The van der Waals surface area contributed by atoms with Crippen LogP contribution in [0.3, 0.4) is 0 Å². The van der Waals surface area contributed by atoms with Gasteiger partial charge in [-0.25, -0.2) is 0 Å². The number of hydrogen-bond donors (Lipinski definition) is 1. The van der Waals surface area contributed by atoms with E-state index < -0.39 is 0 Å². The summed E-state index contributed by atoms with van der Waals surface area (Å²) in [4.78, 5) is 14.8. The van der Waals surface area contributed by atoms with Gasteiger partial charge in [-0.05, 0) is 29.2 Å². The number of hydrogen-bond acceptors (Lipinski definition) is 2. The molecule has 0 fully saturated rings. The quantitative estimate of drug-likeness (QED) is 0.830. The molecule has 24 heavy (non-hydrogen) atoms. The largest absolute Gasteiger partial charge is 0.338 e. The molecule has 1 aliphatic rings. The molecular weight excluding hydrogens is 388 g/mol. The van der Waals surface area contributed by atoms with Gasteiger partial charge in [-0.15, -0.1) is 12.4 Å². The van der Waals surface area contributed by atoms with E-state index in [-0.39, 0.29) is 30.3 Å². The third-order valence-electron chi connectivity index (χ3n) is 4.64. The van der Waals surface area contributed by atoms with Gasteiger partial charge < -0.3 is 10.6 Å². The van der Waals surface area contributed by atoms with Crippen LogP contribution in [0.2, 0.25) is 0 Å². The smallest absolute Gasteiger partial charge is 0.227 e. The second-order valence-corrected chi connectivity index (χ2v) is 6.97. The van der Waals surface area contributed by atoms with Crippen molar-refractivity contribution in [3.63, 3.8) is 0 Å². The zero-order chi connectivity index (χ0) is 16.4. The monoisotopic (exact) mass is 408 g/mol. The van der Waals surface area contributed by atoms with Crippen molar-refractivity contribution >= 4 is 34.2 Å². The molecule has 1 aliphatic heterocycles. The molecule has 1 amide bonds. The van der Waals surface area contributed by atoms with Crippen molar-refractivity contribution in [2.75, 3.05) is 6.54 Å². The van der Waals surface area contributed by atoms with Crippen LogP contribution in [0.1, 0.15) is 29.7 Å². The summed E-state index contributed by atoms with van der Waals surface area (Å²) in [6.45, 7) is 3.34. The van der Waals surface area contributed by atoms with Crippen molar-refractivity contribution in [3.8, 4) is 0 Å². The van der Waals surface area contributed by atoms with E-state index in [0.717, 1.165) is 23.0 Å². The van der Waals surface area contributed by atoms with Crippen molar-refractivity contribution in [1.29, 1.82) is 0 Å². The summed E-state index contributed by atoms with van der Waals surface area (Å²) in [6.07, 6.45) is 0.897. The molecule has 0 radical (unpaired) electrons. The maximum atomic E-state index is 12.9. The van der Waals surface area contributed by atoms with E-state index in [0.29, 0.717) is 6.54 Å². The summed E-state index contributed by atoms with van der Waals surface area (Å²) < 4.78 is 1.08. The molecule has 0 aliphatic carbocycles. The number of halogens is 2. The Morgan fingerprint density at radius 3 is 2.58 bits per heavy atom. The molecule has 0 saturated carbocycles. The third kappa shape index (κ3) is 3.82. The topological polar surface area (TPSA) is 46.3 Å². The van der Waals surface area contributed by atoms with E-state index in [9.17, 15) is 4.79 Å². The van der Waals surface area contributed by atoms with Crippen LogP contribution in [-0.4, -0.2) is 17.4 Å². The first-order chi connectivity index (χ1) is 11.1. The normalized spacial score (nSPS) is 15.9. The number of nitrogens with zero attached hydrogens (tertiary/aromatic N) is 1. The summed E-state index contributed by atoms with van der Waals surface area (Å²) in [6, 6.07) is 15.8. The highest BCUT2D eigenvalue weighted by Crippen LogP contribution is 2.29. The Morgan fingerprint density at radius 1 is 1.17 bits per heavy atom. The van der Waals surface area contributed by atoms with E-state index in [1.165, 1.54) is 11.1 Å². The second kappa shape index (κ2) is 8.15. The lowest BCUT2D eigenvalue weighted by atomic mass is 9.92. The molecular formula is C19H22BrClN2O. The highest BCUT2D eigenvalue weighted by atomic mass is 79.9. The van der Waals surface area contributed by atoms with Crippen molar-refractivity contribution in [2.45, 2.75) is 25.9 Å². The minimum atomic E-state index is -0.274. The average Bonchev–Trinajstić information content (AvgIpc) is 2.60. The number of fused-ring (bicyclic) bond motifs is 1. The first kappa shape index (κ1) is 19.0. The number of amides is 1. The fourth-order valence-corrected chi connectivity index (χ4v) is 3.67. The number of carbonyl (C=O) groups is 1. The summed E-state index contributed by atoms with van der Waals surface area (Å²) in [5.41, 5.74) is 9.86. The SMILES string of the molecule is CC(C(=O)N1CCc2cccc(Br)c2C1)C(N)c1ccccc1.Cl. The fraction of sp³-hybridized carbons (Fsp3) is 0.316.